The van der Waals surface area contributed by atoms with E-state index in [4.69, 9.17) is 12.6 Å². The lowest BCUT2D eigenvalue weighted by Gasteiger charge is -2.41. The highest BCUT2D eigenvalue weighted by Gasteiger charge is 2.47. The highest BCUT2D eigenvalue weighted by atomic mass is 16.5. The Morgan fingerprint density at radius 2 is 1.73 bits per heavy atom. The molecule has 3 atom stereocenters. The van der Waals surface area contributed by atoms with E-state index in [-0.39, 0.29) is 11.4 Å². The summed E-state index contributed by atoms with van der Waals surface area (Å²) in [5.74, 6) is 1.05. The van der Waals surface area contributed by atoms with Crippen LogP contribution in [-0.2, 0) is 4.74 Å². The van der Waals surface area contributed by atoms with Crippen LogP contribution in [0.15, 0.2) is 0 Å². The Kier molecular flexibility index (Phi) is 3.60. The van der Waals surface area contributed by atoms with Crippen LogP contribution in [0.5, 0.6) is 0 Å². The standard InChI is InChI=1S/C13H25BO/c1-7-13(5,6)9-8-15-11(14)10(9)12(2,3)4/h9-11H,7-8H2,1-6H3. The van der Waals surface area contributed by atoms with Crippen molar-refractivity contribution in [3.63, 3.8) is 0 Å². The minimum Gasteiger partial charge on any atom is -0.387 e. The largest absolute Gasteiger partial charge is 0.387 e. The molecule has 0 amide bonds. The maximum atomic E-state index is 6.08. The Morgan fingerprint density at radius 3 is 2.13 bits per heavy atom. The minimum atomic E-state index is -0.0826. The van der Waals surface area contributed by atoms with Crippen molar-refractivity contribution >= 4 is 7.85 Å². The summed E-state index contributed by atoms with van der Waals surface area (Å²) in [5, 5.41) is 0. The molecule has 15 heavy (non-hydrogen) atoms. The van der Waals surface area contributed by atoms with E-state index < -0.39 is 0 Å². The first-order valence-corrected chi connectivity index (χ1v) is 6.07. The second-order valence-corrected chi connectivity index (χ2v) is 6.64. The van der Waals surface area contributed by atoms with Gasteiger partial charge in [0.05, 0.1) is 0 Å². The van der Waals surface area contributed by atoms with E-state index in [1.165, 1.54) is 6.42 Å². The Balaban J connectivity index is 2.91. The topological polar surface area (TPSA) is 9.23 Å². The number of hydrogen-bond donors (Lipinski definition) is 0. The molecule has 2 radical (unpaired) electrons. The first-order valence-electron chi connectivity index (χ1n) is 6.07. The highest BCUT2D eigenvalue weighted by Crippen LogP contribution is 2.48. The molecule has 0 aromatic carbocycles. The molecule has 0 aliphatic carbocycles. The van der Waals surface area contributed by atoms with Gasteiger partial charge in [-0.1, -0.05) is 48.0 Å². The molecule has 0 N–H and O–H groups in total. The molecule has 0 aromatic rings. The van der Waals surface area contributed by atoms with Gasteiger partial charge in [0.15, 0.2) is 0 Å². The molecule has 1 nitrogen and oxygen atoms in total. The van der Waals surface area contributed by atoms with E-state index in [0.29, 0.717) is 17.3 Å². The van der Waals surface area contributed by atoms with Crippen LogP contribution < -0.4 is 0 Å². The maximum absolute atomic E-state index is 6.08. The van der Waals surface area contributed by atoms with Gasteiger partial charge in [0, 0.05) is 12.6 Å². The smallest absolute Gasteiger partial charge is 0.109 e. The molecule has 1 saturated heterocycles. The summed E-state index contributed by atoms with van der Waals surface area (Å²) in [4.78, 5) is 0. The molecule has 1 aliphatic heterocycles. The second-order valence-electron chi connectivity index (χ2n) is 6.64. The van der Waals surface area contributed by atoms with Gasteiger partial charge in [-0.15, -0.1) is 0 Å². The van der Waals surface area contributed by atoms with Crippen molar-refractivity contribution < 1.29 is 4.74 Å². The first kappa shape index (κ1) is 13.1. The zero-order valence-electron chi connectivity index (χ0n) is 11.1. The Hall–Kier alpha value is 0.0249. The molecule has 3 unspecified atom stereocenters. The Morgan fingerprint density at radius 1 is 1.20 bits per heavy atom. The van der Waals surface area contributed by atoms with E-state index in [1.807, 2.05) is 0 Å². The van der Waals surface area contributed by atoms with Crippen molar-refractivity contribution in [2.24, 2.45) is 22.7 Å². The quantitative estimate of drug-likeness (QED) is 0.633. The fraction of sp³-hybridized carbons (Fsp3) is 1.00. The summed E-state index contributed by atoms with van der Waals surface area (Å²) in [6, 6.07) is -0.0826. The normalized spacial score (nSPS) is 33.3. The fourth-order valence-electron chi connectivity index (χ4n) is 2.72. The van der Waals surface area contributed by atoms with Crippen molar-refractivity contribution in [3.05, 3.63) is 0 Å². The van der Waals surface area contributed by atoms with Gasteiger partial charge < -0.3 is 4.74 Å². The molecular weight excluding hydrogens is 183 g/mol. The van der Waals surface area contributed by atoms with Gasteiger partial charge in [0.2, 0.25) is 0 Å². The van der Waals surface area contributed by atoms with Crippen LogP contribution in [-0.4, -0.2) is 20.5 Å². The first-order chi connectivity index (χ1) is 6.70. The zero-order valence-corrected chi connectivity index (χ0v) is 11.1. The Bertz CT molecular complexity index is 217. The average Bonchev–Trinajstić information content (AvgIpc) is 2.46. The molecule has 2 heteroatoms. The Labute approximate surface area is 96.4 Å². The monoisotopic (exact) mass is 208 g/mol. The van der Waals surface area contributed by atoms with E-state index >= 15 is 0 Å². The lowest BCUT2D eigenvalue weighted by molar-refractivity contribution is 0.0916. The summed E-state index contributed by atoms with van der Waals surface area (Å²) in [7, 11) is 6.08. The SMILES string of the molecule is [B]C1OCC(C(C)(C)CC)C1C(C)(C)C. The van der Waals surface area contributed by atoms with E-state index in [0.717, 1.165) is 6.61 Å². The average molecular weight is 208 g/mol. The number of rotatable bonds is 2. The van der Waals surface area contributed by atoms with Gasteiger partial charge in [0.1, 0.15) is 7.85 Å². The molecule has 0 spiro atoms. The fourth-order valence-corrected chi connectivity index (χ4v) is 2.72. The third-order valence-electron chi connectivity index (χ3n) is 4.17. The van der Waals surface area contributed by atoms with Crippen LogP contribution in [0.1, 0.15) is 48.0 Å². The number of ether oxygens (including phenoxy) is 1. The summed E-state index contributed by atoms with van der Waals surface area (Å²) in [5.41, 5.74) is 0.555. The molecule has 1 heterocycles. The van der Waals surface area contributed by atoms with Crippen molar-refractivity contribution in [2.75, 3.05) is 6.61 Å². The third-order valence-corrected chi connectivity index (χ3v) is 4.17. The summed E-state index contributed by atoms with van der Waals surface area (Å²) in [6.07, 6.45) is 1.18. The van der Waals surface area contributed by atoms with Gasteiger partial charge in [0.25, 0.3) is 0 Å². The van der Waals surface area contributed by atoms with Crippen LogP contribution in [0.25, 0.3) is 0 Å². The predicted octanol–water partition coefficient (Wildman–Crippen LogP) is 3.23. The van der Waals surface area contributed by atoms with Crippen molar-refractivity contribution in [3.8, 4) is 0 Å². The highest BCUT2D eigenvalue weighted by molar-refractivity contribution is 6.11. The van der Waals surface area contributed by atoms with E-state index in [1.54, 1.807) is 0 Å². The second kappa shape index (κ2) is 4.12. The van der Waals surface area contributed by atoms with Crippen molar-refractivity contribution in [1.29, 1.82) is 0 Å². The molecule has 1 fully saturated rings. The van der Waals surface area contributed by atoms with Gasteiger partial charge >= 0.3 is 0 Å². The van der Waals surface area contributed by atoms with E-state index in [9.17, 15) is 0 Å². The van der Waals surface area contributed by atoms with Crippen LogP contribution in [0, 0.1) is 22.7 Å². The van der Waals surface area contributed by atoms with E-state index in [2.05, 4.69) is 41.5 Å². The molecule has 0 bridgehead atoms. The van der Waals surface area contributed by atoms with Crippen LogP contribution >= 0.6 is 0 Å². The molecule has 86 valence electrons. The number of hydrogen-bond acceptors (Lipinski definition) is 1. The molecule has 1 rings (SSSR count). The van der Waals surface area contributed by atoms with Crippen molar-refractivity contribution in [1.82, 2.24) is 0 Å². The lowest BCUT2D eigenvalue weighted by atomic mass is 9.60. The lowest BCUT2D eigenvalue weighted by Crippen LogP contribution is -2.39. The summed E-state index contributed by atoms with van der Waals surface area (Å²) >= 11 is 0. The van der Waals surface area contributed by atoms with Crippen LogP contribution in [0.2, 0.25) is 0 Å². The van der Waals surface area contributed by atoms with Crippen LogP contribution in [0.4, 0.5) is 0 Å². The summed E-state index contributed by atoms with van der Waals surface area (Å²) < 4.78 is 5.67. The van der Waals surface area contributed by atoms with Crippen molar-refractivity contribution in [2.45, 2.75) is 54.0 Å². The van der Waals surface area contributed by atoms with Gasteiger partial charge in [-0.2, -0.15) is 0 Å². The molecule has 1 aliphatic rings. The van der Waals surface area contributed by atoms with Gasteiger partial charge in [-0.25, -0.2) is 0 Å². The third kappa shape index (κ3) is 2.58. The molecular formula is C13H25BO. The predicted molar refractivity (Wildman–Crippen MR) is 66.0 cm³/mol. The zero-order chi connectivity index (χ0) is 11.9. The molecule has 0 aromatic heterocycles. The molecule has 0 saturated carbocycles. The summed E-state index contributed by atoms with van der Waals surface area (Å²) in [6.45, 7) is 14.5. The maximum Gasteiger partial charge on any atom is 0.109 e. The van der Waals surface area contributed by atoms with Gasteiger partial charge in [-0.3, -0.25) is 0 Å². The minimum absolute atomic E-state index is 0.0826. The van der Waals surface area contributed by atoms with Crippen LogP contribution in [0.3, 0.4) is 0 Å². The van der Waals surface area contributed by atoms with Gasteiger partial charge in [-0.05, 0) is 22.7 Å².